The average Bonchev–Trinajstić information content (AvgIpc) is 2.85. The normalized spacial score (nSPS) is 20.1. The molecular weight excluding hydrogens is 284 g/mol. The highest BCUT2D eigenvalue weighted by Gasteiger charge is 2.37. The van der Waals surface area contributed by atoms with E-state index in [9.17, 15) is 19.5 Å². The summed E-state index contributed by atoms with van der Waals surface area (Å²) < 4.78 is 0. The SMILES string of the molecule is CC(C)C(C(=O)O)N(C)C(=O)[C@H]1CCN(C(=O)CCl)C1. The summed E-state index contributed by atoms with van der Waals surface area (Å²) in [4.78, 5) is 37.9. The summed E-state index contributed by atoms with van der Waals surface area (Å²) in [6, 6.07) is -0.847. The quantitative estimate of drug-likeness (QED) is 0.756. The zero-order valence-electron chi connectivity index (χ0n) is 12.0. The van der Waals surface area contributed by atoms with Gasteiger partial charge in [-0.05, 0) is 12.3 Å². The number of likely N-dealkylation sites (tertiary alicyclic amines) is 1. The zero-order valence-corrected chi connectivity index (χ0v) is 12.8. The van der Waals surface area contributed by atoms with Crippen molar-refractivity contribution in [2.45, 2.75) is 26.3 Å². The predicted molar refractivity (Wildman–Crippen MR) is 74.4 cm³/mol. The molecular formula is C13H21ClN2O4. The lowest BCUT2D eigenvalue weighted by Gasteiger charge is -2.29. The van der Waals surface area contributed by atoms with E-state index in [0.717, 1.165) is 0 Å². The molecule has 1 aliphatic heterocycles. The second-order valence-corrected chi connectivity index (χ2v) is 5.70. The number of carbonyl (C=O) groups is 3. The van der Waals surface area contributed by atoms with E-state index < -0.39 is 12.0 Å². The molecule has 114 valence electrons. The summed E-state index contributed by atoms with van der Waals surface area (Å²) in [6.45, 7) is 4.34. The molecule has 20 heavy (non-hydrogen) atoms. The first-order valence-corrected chi connectivity index (χ1v) is 7.16. The Kier molecular flexibility index (Phi) is 5.80. The highest BCUT2D eigenvalue weighted by atomic mass is 35.5. The van der Waals surface area contributed by atoms with Gasteiger partial charge in [-0.2, -0.15) is 0 Å². The van der Waals surface area contributed by atoms with Crippen molar-refractivity contribution in [3.8, 4) is 0 Å². The largest absolute Gasteiger partial charge is 0.480 e. The molecule has 2 atom stereocenters. The van der Waals surface area contributed by atoms with E-state index in [0.29, 0.717) is 19.5 Å². The Hall–Kier alpha value is -1.30. The minimum absolute atomic E-state index is 0.0967. The number of carboxylic acids is 1. The summed E-state index contributed by atoms with van der Waals surface area (Å²) in [5, 5.41) is 9.21. The number of hydrogen-bond acceptors (Lipinski definition) is 3. The number of halogens is 1. The third kappa shape index (κ3) is 3.62. The Morgan fingerprint density at radius 3 is 2.45 bits per heavy atom. The highest BCUT2D eigenvalue weighted by molar-refractivity contribution is 6.27. The first kappa shape index (κ1) is 16.8. The Labute approximate surface area is 123 Å². The third-order valence-electron chi connectivity index (χ3n) is 3.65. The average molecular weight is 305 g/mol. The summed E-state index contributed by atoms with van der Waals surface area (Å²) in [5.41, 5.74) is 0. The molecule has 1 fully saturated rings. The van der Waals surface area contributed by atoms with Crippen molar-refractivity contribution in [1.29, 1.82) is 0 Å². The van der Waals surface area contributed by atoms with Crippen molar-refractivity contribution in [3.63, 3.8) is 0 Å². The number of hydrogen-bond donors (Lipinski definition) is 1. The Morgan fingerprint density at radius 2 is 2.00 bits per heavy atom. The molecule has 0 bridgehead atoms. The van der Waals surface area contributed by atoms with Crippen LogP contribution in [-0.2, 0) is 14.4 Å². The first-order valence-electron chi connectivity index (χ1n) is 6.62. The molecule has 1 heterocycles. The maximum absolute atomic E-state index is 12.3. The predicted octanol–water partition coefficient (Wildman–Crippen LogP) is 0.641. The van der Waals surface area contributed by atoms with Crippen molar-refractivity contribution in [2.24, 2.45) is 11.8 Å². The zero-order chi connectivity index (χ0) is 15.4. The number of carbonyl (C=O) groups excluding carboxylic acids is 2. The molecule has 1 rings (SSSR count). The summed E-state index contributed by atoms with van der Waals surface area (Å²) in [6.07, 6.45) is 0.552. The number of carboxylic acid groups (broad SMARTS) is 1. The van der Waals surface area contributed by atoms with Gasteiger partial charge in [0.15, 0.2) is 0 Å². The van der Waals surface area contributed by atoms with Crippen LogP contribution in [-0.4, -0.2) is 64.7 Å². The summed E-state index contributed by atoms with van der Waals surface area (Å²) >= 11 is 5.49. The first-order chi connectivity index (χ1) is 9.29. The molecule has 0 radical (unpaired) electrons. The number of aliphatic carboxylic acids is 1. The van der Waals surface area contributed by atoms with Gasteiger partial charge < -0.3 is 14.9 Å². The van der Waals surface area contributed by atoms with E-state index in [2.05, 4.69) is 0 Å². The number of amides is 2. The van der Waals surface area contributed by atoms with Gasteiger partial charge in [0, 0.05) is 20.1 Å². The number of likely N-dealkylation sites (N-methyl/N-ethyl adjacent to an activating group) is 1. The van der Waals surface area contributed by atoms with Crippen LogP contribution < -0.4 is 0 Å². The van der Waals surface area contributed by atoms with Gasteiger partial charge >= 0.3 is 5.97 Å². The smallest absolute Gasteiger partial charge is 0.326 e. The fraction of sp³-hybridized carbons (Fsp3) is 0.769. The maximum Gasteiger partial charge on any atom is 0.326 e. The Balaban J connectivity index is 2.71. The van der Waals surface area contributed by atoms with Gasteiger partial charge in [-0.15, -0.1) is 11.6 Å². The minimum atomic E-state index is -1.01. The van der Waals surface area contributed by atoms with Gasteiger partial charge in [0.2, 0.25) is 11.8 Å². The van der Waals surface area contributed by atoms with Crippen LogP contribution >= 0.6 is 11.6 Å². The minimum Gasteiger partial charge on any atom is -0.480 e. The second kappa shape index (κ2) is 6.92. The lowest BCUT2D eigenvalue weighted by Crippen LogP contribution is -2.48. The lowest BCUT2D eigenvalue weighted by molar-refractivity contribution is -0.152. The van der Waals surface area contributed by atoms with Crippen molar-refractivity contribution in [2.75, 3.05) is 26.0 Å². The third-order valence-corrected chi connectivity index (χ3v) is 3.88. The van der Waals surface area contributed by atoms with Crippen LogP contribution in [0.5, 0.6) is 0 Å². The van der Waals surface area contributed by atoms with Gasteiger partial charge in [-0.1, -0.05) is 13.8 Å². The molecule has 6 nitrogen and oxygen atoms in total. The number of alkyl halides is 1. The molecule has 1 saturated heterocycles. The maximum atomic E-state index is 12.3. The van der Waals surface area contributed by atoms with E-state index in [-0.39, 0.29) is 29.5 Å². The van der Waals surface area contributed by atoms with E-state index in [1.54, 1.807) is 18.7 Å². The standard InChI is InChI=1S/C13H21ClN2O4/c1-8(2)11(13(19)20)15(3)12(18)9-4-5-16(7-9)10(17)6-14/h8-9,11H,4-7H2,1-3H3,(H,19,20)/t9-,11?/m0/s1. The van der Waals surface area contributed by atoms with Gasteiger partial charge in [-0.3, -0.25) is 9.59 Å². The lowest BCUT2D eigenvalue weighted by atomic mass is 10.0. The van der Waals surface area contributed by atoms with E-state index >= 15 is 0 Å². The van der Waals surface area contributed by atoms with Crippen molar-refractivity contribution < 1.29 is 19.5 Å². The van der Waals surface area contributed by atoms with Crippen LogP contribution in [0.25, 0.3) is 0 Å². The van der Waals surface area contributed by atoms with Gasteiger partial charge in [-0.25, -0.2) is 4.79 Å². The topological polar surface area (TPSA) is 77.9 Å². The molecule has 0 aromatic heterocycles. The summed E-state index contributed by atoms with van der Waals surface area (Å²) in [5.74, 6) is -2.04. The number of nitrogens with zero attached hydrogens (tertiary/aromatic N) is 2. The Morgan fingerprint density at radius 1 is 1.40 bits per heavy atom. The number of rotatable bonds is 5. The van der Waals surface area contributed by atoms with Crippen LogP contribution in [0.4, 0.5) is 0 Å². The molecule has 1 aliphatic rings. The molecule has 1 N–H and O–H groups in total. The molecule has 0 aromatic rings. The van der Waals surface area contributed by atoms with Gasteiger partial charge in [0.05, 0.1) is 5.92 Å². The van der Waals surface area contributed by atoms with Crippen LogP contribution in [0.3, 0.4) is 0 Å². The fourth-order valence-electron chi connectivity index (χ4n) is 2.60. The molecule has 0 saturated carbocycles. The van der Waals surface area contributed by atoms with E-state index in [1.807, 2.05) is 0 Å². The van der Waals surface area contributed by atoms with Crippen LogP contribution in [0.2, 0.25) is 0 Å². The van der Waals surface area contributed by atoms with Gasteiger partial charge in [0.25, 0.3) is 0 Å². The molecule has 0 spiro atoms. The second-order valence-electron chi connectivity index (χ2n) is 5.44. The Bertz CT molecular complexity index is 400. The molecule has 2 amide bonds. The molecule has 7 heteroatoms. The monoisotopic (exact) mass is 304 g/mol. The molecule has 0 aliphatic carbocycles. The van der Waals surface area contributed by atoms with Crippen LogP contribution in [0.1, 0.15) is 20.3 Å². The van der Waals surface area contributed by atoms with Crippen LogP contribution in [0.15, 0.2) is 0 Å². The summed E-state index contributed by atoms with van der Waals surface area (Å²) in [7, 11) is 1.51. The molecule has 1 unspecified atom stereocenters. The molecule has 0 aromatic carbocycles. The van der Waals surface area contributed by atoms with E-state index in [1.165, 1.54) is 11.9 Å². The van der Waals surface area contributed by atoms with Crippen molar-refractivity contribution in [3.05, 3.63) is 0 Å². The fourth-order valence-corrected chi connectivity index (χ4v) is 2.77. The van der Waals surface area contributed by atoms with Crippen molar-refractivity contribution >= 4 is 29.4 Å². The van der Waals surface area contributed by atoms with E-state index in [4.69, 9.17) is 11.6 Å². The van der Waals surface area contributed by atoms with Gasteiger partial charge in [0.1, 0.15) is 11.9 Å². The van der Waals surface area contributed by atoms with Crippen LogP contribution in [0, 0.1) is 11.8 Å². The highest BCUT2D eigenvalue weighted by Crippen LogP contribution is 2.21. The van der Waals surface area contributed by atoms with Crippen molar-refractivity contribution in [1.82, 2.24) is 9.80 Å².